The van der Waals surface area contributed by atoms with Gasteiger partial charge in [0.2, 0.25) is 0 Å². The van der Waals surface area contributed by atoms with E-state index in [0.29, 0.717) is 6.54 Å². The van der Waals surface area contributed by atoms with Gasteiger partial charge in [-0.3, -0.25) is 9.48 Å². The molecule has 1 saturated heterocycles. The average molecular weight is 414 g/mol. The van der Waals surface area contributed by atoms with E-state index >= 15 is 0 Å². The van der Waals surface area contributed by atoms with E-state index < -0.39 is 5.54 Å². The molecule has 1 N–H and O–H groups in total. The number of likely N-dealkylation sites (N-methyl/N-ethyl adjacent to an activating group) is 1. The fourth-order valence-electron chi connectivity index (χ4n) is 3.19. The monoisotopic (exact) mass is 412 g/mol. The molecule has 1 fully saturated rings. The quantitative estimate of drug-likeness (QED) is 0.838. The molecular weight excluding hydrogens is 392 g/mol. The lowest BCUT2D eigenvalue weighted by atomic mass is 9.86. The summed E-state index contributed by atoms with van der Waals surface area (Å²) >= 11 is 3.44. The number of amides is 1. The molecule has 3 rings (SSSR count). The molecule has 1 aliphatic heterocycles. The van der Waals surface area contributed by atoms with Crippen LogP contribution in [0.5, 0.6) is 0 Å². The molecule has 2 aromatic rings. The van der Waals surface area contributed by atoms with Crippen LogP contribution in [-0.2, 0) is 16.9 Å². The van der Waals surface area contributed by atoms with Crippen molar-refractivity contribution in [2.45, 2.75) is 24.9 Å². The molecule has 1 aromatic heterocycles. The summed E-state index contributed by atoms with van der Waals surface area (Å²) in [5.41, 5.74) is 0.549. The summed E-state index contributed by atoms with van der Waals surface area (Å²) in [6.07, 6.45) is 5.17. The van der Waals surface area contributed by atoms with Crippen molar-refractivity contribution in [1.82, 2.24) is 20.0 Å². The van der Waals surface area contributed by atoms with E-state index in [1.165, 1.54) is 0 Å². The topological polar surface area (TPSA) is 50.2 Å². The fourth-order valence-corrected chi connectivity index (χ4v) is 3.46. The Balaban J connectivity index is 0.00000208. The van der Waals surface area contributed by atoms with E-state index in [4.69, 9.17) is 0 Å². The minimum absolute atomic E-state index is 0. The van der Waals surface area contributed by atoms with Crippen LogP contribution in [0.1, 0.15) is 18.4 Å². The molecule has 0 bridgehead atoms. The number of carbonyl (C=O) groups is 1. The lowest BCUT2D eigenvalue weighted by molar-refractivity contribution is -0.142. The predicted octanol–water partition coefficient (Wildman–Crippen LogP) is 2.80. The molecule has 0 aliphatic carbocycles. The van der Waals surface area contributed by atoms with Crippen LogP contribution in [0.2, 0.25) is 0 Å². The molecule has 0 radical (unpaired) electrons. The Morgan fingerprint density at radius 3 is 2.58 bits per heavy atom. The average Bonchev–Trinajstić information content (AvgIpc) is 3.12. The van der Waals surface area contributed by atoms with Crippen molar-refractivity contribution in [3.05, 3.63) is 52.8 Å². The Hall–Kier alpha value is -1.37. The zero-order valence-electron chi connectivity index (χ0n) is 13.6. The first-order chi connectivity index (χ1) is 11.1. The lowest BCUT2D eigenvalue weighted by Crippen LogP contribution is -2.54. The van der Waals surface area contributed by atoms with Crippen LogP contribution < -0.4 is 5.32 Å². The number of hydrogen-bond acceptors (Lipinski definition) is 3. The van der Waals surface area contributed by atoms with Gasteiger partial charge >= 0.3 is 0 Å². The van der Waals surface area contributed by atoms with E-state index in [1.807, 2.05) is 53.2 Å². The predicted molar refractivity (Wildman–Crippen MR) is 100 cm³/mol. The summed E-state index contributed by atoms with van der Waals surface area (Å²) in [5.74, 6) is 0.130. The molecule has 7 heteroatoms. The molecule has 0 spiro atoms. The summed E-state index contributed by atoms with van der Waals surface area (Å²) in [6.45, 7) is 2.26. The Morgan fingerprint density at radius 2 is 2.00 bits per heavy atom. The first kappa shape index (κ1) is 19.0. The minimum Gasteiger partial charge on any atom is -0.339 e. The molecule has 0 unspecified atom stereocenters. The second-order valence-corrected chi connectivity index (χ2v) is 6.94. The van der Waals surface area contributed by atoms with Crippen molar-refractivity contribution in [2.24, 2.45) is 0 Å². The molecular formula is C17H22BrClN4O. The summed E-state index contributed by atoms with van der Waals surface area (Å²) in [6, 6.07) is 9.96. The summed E-state index contributed by atoms with van der Waals surface area (Å²) in [5, 5.41) is 7.70. The van der Waals surface area contributed by atoms with Gasteiger partial charge in [-0.05, 0) is 49.7 Å². The fraction of sp³-hybridized carbons (Fsp3) is 0.412. The van der Waals surface area contributed by atoms with Crippen LogP contribution in [0.15, 0.2) is 47.2 Å². The van der Waals surface area contributed by atoms with Gasteiger partial charge in [-0.15, -0.1) is 12.4 Å². The maximum atomic E-state index is 13.2. The molecule has 24 heavy (non-hydrogen) atoms. The molecule has 1 aliphatic rings. The molecule has 2 heterocycles. The number of aromatic nitrogens is 2. The van der Waals surface area contributed by atoms with Gasteiger partial charge in [-0.1, -0.05) is 28.1 Å². The number of halogens is 2. The third-order valence-electron chi connectivity index (χ3n) is 4.45. The van der Waals surface area contributed by atoms with Crippen LogP contribution in [0.25, 0.3) is 0 Å². The van der Waals surface area contributed by atoms with Crippen molar-refractivity contribution in [3.63, 3.8) is 0 Å². The smallest absolute Gasteiger partial charge is 0.250 e. The molecule has 0 saturated carbocycles. The van der Waals surface area contributed by atoms with Gasteiger partial charge in [-0.2, -0.15) is 5.10 Å². The number of piperidine rings is 1. The highest BCUT2D eigenvalue weighted by Crippen LogP contribution is 2.29. The second-order valence-electron chi connectivity index (χ2n) is 6.02. The van der Waals surface area contributed by atoms with Crippen molar-refractivity contribution >= 4 is 34.2 Å². The maximum Gasteiger partial charge on any atom is 0.250 e. The highest BCUT2D eigenvalue weighted by atomic mass is 79.9. The zero-order valence-corrected chi connectivity index (χ0v) is 16.0. The number of benzene rings is 1. The molecule has 1 aromatic carbocycles. The third kappa shape index (κ3) is 3.82. The largest absolute Gasteiger partial charge is 0.339 e. The number of rotatable bonds is 4. The van der Waals surface area contributed by atoms with Crippen molar-refractivity contribution in [3.8, 4) is 0 Å². The summed E-state index contributed by atoms with van der Waals surface area (Å²) in [7, 11) is 1.87. The highest BCUT2D eigenvalue weighted by molar-refractivity contribution is 9.10. The Bertz CT molecular complexity index is 654. The van der Waals surface area contributed by atoms with E-state index in [0.717, 1.165) is 36.0 Å². The van der Waals surface area contributed by atoms with Gasteiger partial charge in [0.15, 0.2) is 0 Å². The standard InChI is InChI=1S/C17H21BrN4O.ClH/c1-21(13-14-3-5-15(18)6-4-14)16(23)17(7-10-19-11-8-17)22-12-2-9-20-22;/h2-6,9,12,19H,7-8,10-11,13H2,1H3;1H. The van der Waals surface area contributed by atoms with Crippen LogP contribution in [0.4, 0.5) is 0 Å². The van der Waals surface area contributed by atoms with Crippen LogP contribution >= 0.6 is 28.3 Å². The number of carbonyl (C=O) groups excluding carboxylic acids is 1. The first-order valence-corrected chi connectivity index (χ1v) is 8.62. The third-order valence-corrected chi connectivity index (χ3v) is 4.98. The second kappa shape index (κ2) is 8.14. The van der Waals surface area contributed by atoms with Gasteiger partial charge in [-0.25, -0.2) is 0 Å². The molecule has 130 valence electrons. The van der Waals surface area contributed by atoms with Gasteiger partial charge in [0.1, 0.15) is 5.54 Å². The Labute approximate surface area is 157 Å². The minimum atomic E-state index is -0.571. The number of nitrogens with one attached hydrogen (secondary N) is 1. The molecule has 5 nitrogen and oxygen atoms in total. The lowest BCUT2D eigenvalue weighted by Gasteiger charge is -2.39. The van der Waals surface area contributed by atoms with Crippen molar-refractivity contribution in [1.29, 1.82) is 0 Å². The summed E-state index contributed by atoms with van der Waals surface area (Å²) < 4.78 is 2.88. The van der Waals surface area contributed by atoms with E-state index in [-0.39, 0.29) is 18.3 Å². The van der Waals surface area contributed by atoms with Gasteiger partial charge in [0.25, 0.3) is 5.91 Å². The van der Waals surface area contributed by atoms with Crippen LogP contribution in [0, 0.1) is 0 Å². The Morgan fingerprint density at radius 1 is 1.33 bits per heavy atom. The normalized spacial score (nSPS) is 16.2. The van der Waals surface area contributed by atoms with Crippen molar-refractivity contribution in [2.75, 3.05) is 20.1 Å². The van der Waals surface area contributed by atoms with Gasteiger partial charge in [0.05, 0.1) is 0 Å². The van der Waals surface area contributed by atoms with E-state index in [1.54, 1.807) is 6.20 Å². The molecule has 0 atom stereocenters. The van der Waals surface area contributed by atoms with Gasteiger partial charge < -0.3 is 10.2 Å². The van der Waals surface area contributed by atoms with Gasteiger partial charge in [0, 0.05) is 30.5 Å². The Kier molecular flexibility index (Phi) is 6.43. The van der Waals surface area contributed by atoms with Crippen LogP contribution in [-0.4, -0.2) is 40.7 Å². The van der Waals surface area contributed by atoms with E-state index in [2.05, 4.69) is 26.3 Å². The van der Waals surface area contributed by atoms with Crippen LogP contribution in [0.3, 0.4) is 0 Å². The number of hydrogen-bond donors (Lipinski definition) is 1. The summed E-state index contributed by atoms with van der Waals surface area (Å²) in [4.78, 5) is 15.0. The SMILES string of the molecule is CN(Cc1ccc(Br)cc1)C(=O)C1(n2cccn2)CCNCC1.Cl. The number of nitrogens with zero attached hydrogens (tertiary/aromatic N) is 3. The van der Waals surface area contributed by atoms with E-state index in [9.17, 15) is 4.79 Å². The first-order valence-electron chi connectivity index (χ1n) is 7.83. The maximum absolute atomic E-state index is 13.2. The zero-order chi connectivity index (χ0) is 16.3. The molecule has 1 amide bonds. The highest BCUT2D eigenvalue weighted by Gasteiger charge is 2.43. The van der Waals surface area contributed by atoms with Crippen molar-refractivity contribution < 1.29 is 4.79 Å².